The van der Waals surface area contributed by atoms with Gasteiger partial charge in [-0.15, -0.1) is 22.7 Å². The summed E-state index contributed by atoms with van der Waals surface area (Å²) >= 11 is 2.82. The van der Waals surface area contributed by atoms with Crippen LogP contribution >= 0.6 is 22.7 Å². The predicted octanol–water partition coefficient (Wildman–Crippen LogP) is 1.82. The van der Waals surface area contributed by atoms with E-state index in [-0.39, 0.29) is 11.9 Å². The van der Waals surface area contributed by atoms with E-state index in [1.165, 1.54) is 0 Å². The largest absolute Gasteiger partial charge is 0.365 e. The molecule has 1 aliphatic rings. The van der Waals surface area contributed by atoms with Crippen molar-refractivity contribution in [3.05, 3.63) is 38.5 Å². The van der Waals surface area contributed by atoms with Crippen LogP contribution in [0.5, 0.6) is 0 Å². The summed E-state index contributed by atoms with van der Waals surface area (Å²) in [6.45, 7) is 5.15. The van der Waals surface area contributed by atoms with Crippen molar-refractivity contribution < 1.29 is 9.59 Å². The SMILES string of the molecule is CC(c1nccs1)N1CCN(C(=O)c2ccc(C(N)=O)s2)CC1. The van der Waals surface area contributed by atoms with Crippen LogP contribution in [-0.2, 0) is 0 Å². The minimum absolute atomic E-state index is 0.0240. The maximum absolute atomic E-state index is 12.5. The van der Waals surface area contributed by atoms with Crippen molar-refractivity contribution in [2.75, 3.05) is 26.2 Å². The summed E-state index contributed by atoms with van der Waals surface area (Å²) in [5.74, 6) is -0.514. The molecule has 0 spiro atoms. The number of nitrogens with two attached hydrogens (primary N) is 1. The third kappa shape index (κ3) is 3.44. The first-order valence-electron chi connectivity index (χ1n) is 7.38. The second-order valence-corrected chi connectivity index (χ2v) is 7.41. The van der Waals surface area contributed by atoms with E-state index in [2.05, 4.69) is 16.8 Å². The molecule has 2 N–H and O–H groups in total. The number of hydrogen-bond acceptors (Lipinski definition) is 6. The van der Waals surface area contributed by atoms with Crippen LogP contribution in [0.4, 0.5) is 0 Å². The topological polar surface area (TPSA) is 79.5 Å². The van der Waals surface area contributed by atoms with Crippen LogP contribution in [0, 0.1) is 0 Å². The molecule has 122 valence electrons. The maximum Gasteiger partial charge on any atom is 0.264 e. The highest BCUT2D eigenvalue weighted by molar-refractivity contribution is 7.15. The zero-order valence-electron chi connectivity index (χ0n) is 12.8. The van der Waals surface area contributed by atoms with Gasteiger partial charge in [0.05, 0.1) is 15.8 Å². The number of aromatic nitrogens is 1. The molecule has 1 aliphatic heterocycles. The molecular formula is C15H18N4O2S2. The van der Waals surface area contributed by atoms with E-state index in [0.717, 1.165) is 29.4 Å². The molecular weight excluding hydrogens is 332 g/mol. The predicted molar refractivity (Wildman–Crippen MR) is 90.8 cm³/mol. The molecule has 23 heavy (non-hydrogen) atoms. The molecule has 0 bridgehead atoms. The minimum atomic E-state index is -0.490. The Morgan fingerprint density at radius 1 is 1.22 bits per heavy atom. The third-order valence-electron chi connectivity index (χ3n) is 4.02. The Hall–Kier alpha value is -1.77. The van der Waals surface area contributed by atoms with E-state index >= 15 is 0 Å². The standard InChI is InChI=1S/C15H18N4O2S2/c1-10(14-17-4-9-22-14)18-5-7-19(8-6-18)15(21)12-3-2-11(23-12)13(16)20/h2-4,9-10H,5-8H2,1H3,(H2,16,20). The van der Waals surface area contributed by atoms with Crippen LogP contribution in [0.15, 0.2) is 23.7 Å². The van der Waals surface area contributed by atoms with Gasteiger partial charge in [0, 0.05) is 37.8 Å². The van der Waals surface area contributed by atoms with Crippen LogP contribution in [0.2, 0.25) is 0 Å². The van der Waals surface area contributed by atoms with E-state index in [1.807, 2.05) is 16.5 Å². The van der Waals surface area contributed by atoms with Crippen LogP contribution in [-0.4, -0.2) is 52.8 Å². The van der Waals surface area contributed by atoms with E-state index in [4.69, 9.17) is 5.73 Å². The molecule has 1 saturated heterocycles. The molecule has 2 amide bonds. The van der Waals surface area contributed by atoms with Crippen LogP contribution in [0.25, 0.3) is 0 Å². The van der Waals surface area contributed by atoms with Gasteiger partial charge in [-0.1, -0.05) is 0 Å². The summed E-state index contributed by atoms with van der Waals surface area (Å²) in [6, 6.07) is 3.56. The molecule has 0 aliphatic carbocycles. The van der Waals surface area contributed by atoms with Gasteiger partial charge < -0.3 is 10.6 Å². The normalized spacial score (nSPS) is 17.2. The Kier molecular flexibility index (Phi) is 4.74. The van der Waals surface area contributed by atoms with Crippen molar-refractivity contribution >= 4 is 34.5 Å². The lowest BCUT2D eigenvalue weighted by molar-refractivity contribution is 0.0586. The molecule has 3 rings (SSSR count). The number of thiazole rings is 1. The number of nitrogens with zero attached hydrogens (tertiary/aromatic N) is 3. The number of piperazine rings is 1. The van der Waals surface area contributed by atoms with Crippen LogP contribution in [0.1, 0.15) is 37.3 Å². The first kappa shape index (κ1) is 16.1. The molecule has 1 fully saturated rings. The van der Waals surface area contributed by atoms with Gasteiger partial charge in [0.1, 0.15) is 5.01 Å². The first-order valence-corrected chi connectivity index (χ1v) is 9.08. The fraction of sp³-hybridized carbons (Fsp3) is 0.400. The van der Waals surface area contributed by atoms with Crippen molar-refractivity contribution in [1.82, 2.24) is 14.8 Å². The van der Waals surface area contributed by atoms with Gasteiger partial charge >= 0.3 is 0 Å². The minimum Gasteiger partial charge on any atom is -0.365 e. The highest BCUT2D eigenvalue weighted by atomic mass is 32.1. The quantitative estimate of drug-likeness (QED) is 0.912. The smallest absolute Gasteiger partial charge is 0.264 e. The van der Waals surface area contributed by atoms with Gasteiger partial charge in [-0.25, -0.2) is 4.98 Å². The summed E-state index contributed by atoms with van der Waals surface area (Å²) in [5.41, 5.74) is 5.24. The second-order valence-electron chi connectivity index (χ2n) is 5.40. The molecule has 6 nitrogen and oxygen atoms in total. The number of hydrogen-bond donors (Lipinski definition) is 1. The van der Waals surface area contributed by atoms with E-state index in [1.54, 1.807) is 23.5 Å². The Morgan fingerprint density at radius 3 is 2.48 bits per heavy atom. The zero-order chi connectivity index (χ0) is 16.4. The average molecular weight is 350 g/mol. The van der Waals surface area contributed by atoms with Gasteiger partial charge in [0.15, 0.2) is 0 Å². The summed E-state index contributed by atoms with van der Waals surface area (Å²) in [5, 5.41) is 3.09. The molecule has 3 heterocycles. The van der Waals surface area contributed by atoms with Crippen LogP contribution < -0.4 is 5.73 Å². The van der Waals surface area contributed by atoms with Crippen molar-refractivity contribution in [3.8, 4) is 0 Å². The Labute approximate surface area is 142 Å². The highest BCUT2D eigenvalue weighted by Gasteiger charge is 2.27. The lowest BCUT2D eigenvalue weighted by Gasteiger charge is -2.37. The van der Waals surface area contributed by atoms with E-state index < -0.39 is 5.91 Å². The fourth-order valence-electron chi connectivity index (χ4n) is 2.65. The molecule has 1 atom stereocenters. The fourth-order valence-corrected chi connectivity index (χ4v) is 4.21. The Bertz CT molecular complexity index is 690. The number of carbonyl (C=O) groups excluding carboxylic acids is 2. The lowest BCUT2D eigenvalue weighted by Crippen LogP contribution is -2.49. The first-order chi connectivity index (χ1) is 11.1. The molecule has 8 heteroatoms. The molecule has 0 aromatic carbocycles. The Balaban J connectivity index is 1.59. The number of primary amides is 1. The molecule has 1 unspecified atom stereocenters. The van der Waals surface area contributed by atoms with Gasteiger partial charge in [0.2, 0.25) is 0 Å². The average Bonchev–Trinajstić information content (AvgIpc) is 3.25. The zero-order valence-corrected chi connectivity index (χ0v) is 14.4. The van der Waals surface area contributed by atoms with Gasteiger partial charge in [-0.05, 0) is 19.1 Å². The number of rotatable bonds is 4. The van der Waals surface area contributed by atoms with Crippen molar-refractivity contribution in [1.29, 1.82) is 0 Å². The molecule has 0 saturated carbocycles. The number of amides is 2. The molecule has 2 aromatic rings. The monoisotopic (exact) mass is 350 g/mol. The molecule has 0 radical (unpaired) electrons. The summed E-state index contributed by atoms with van der Waals surface area (Å²) < 4.78 is 0. The van der Waals surface area contributed by atoms with Crippen molar-refractivity contribution in [2.45, 2.75) is 13.0 Å². The molecule has 2 aromatic heterocycles. The van der Waals surface area contributed by atoms with E-state index in [9.17, 15) is 9.59 Å². The third-order valence-corrected chi connectivity index (χ3v) is 6.05. The number of thiophene rings is 1. The Morgan fingerprint density at radius 2 is 1.91 bits per heavy atom. The summed E-state index contributed by atoms with van der Waals surface area (Å²) in [7, 11) is 0. The number of carbonyl (C=O) groups is 2. The highest BCUT2D eigenvalue weighted by Crippen LogP contribution is 2.24. The van der Waals surface area contributed by atoms with Gasteiger partial charge in [-0.3, -0.25) is 14.5 Å². The van der Waals surface area contributed by atoms with Crippen LogP contribution in [0.3, 0.4) is 0 Å². The lowest BCUT2D eigenvalue weighted by atomic mass is 10.2. The maximum atomic E-state index is 12.5. The van der Waals surface area contributed by atoms with Crippen molar-refractivity contribution in [2.24, 2.45) is 5.73 Å². The summed E-state index contributed by atoms with van der Waals surface area (Å²) in [6.07, 6.45) is 1.82. The second kappa shape index (κ2) is 6.77. The van der Waals surface area contributed by atoms with Gasteiger partial charge in [-0.2, -0.15) is 0 Å². The summed E-state index contributed by atoms with van der Waals surface area (Å²) in [4.78, 5) is 33.2. The van der Waals surface area contributed by atoms with Gasteiger partial charge in [0.25, 0.3) is 11.8 Å². The van der Waals surface area contributed by atoms with Crippen molar-refractivity contribution in [3.63, 3.8) is 0 Å². The van der Waals surface area contributed by atoms with E-state index in [0.29, 0.717) is 22.8 Å².